The topological polar surface area (TPSA) is 70.4 Å². The highest BCUT2D eigenvalue weighted by molar-refractivity contribution is 6.32. The molecule has 0 saturated carbocycles. The molecular weight excluding hydrogens is 292 g/mol. The van der Waals surface area contributed by atoms with Gasteiger partial charge >= 0.3 is 0 Å². The van der Waals surface area contributed by atoms with Crippen LogP contribution in [0.15, 0.2) is 11.0 Å². The molecule has 2 N–H and O–H groups in total. The minimum atomic E-state index is -0.385. The van der Waals surface area contributed by atoms with Crippen LogP contribution in [0.1, 0.15) is 20.3 Å². The van der Waals surface area contributed by atoms with Gasteiger partial charge in [0, 0.05) is 12.6 Å². The zero-order valence-electron chi connectivity index (χ0n) is 13.1. The summed E-state index contributed by atoms with van der Waals surface area (Å²) in [5.74, 6) is 0.531. The molecule has 0 aromatic carbocycles. The second-order valence-corrected chi connectivity index (χ2v) is 6.24. The lowest BCUT2D eigenvalue weighted by Gasteiger charge is -2.25. The molecule has 0 fully saturated rings. The number of anilines is 1. The number of halogens is 1. The summed E-state index contributed by atoms with van der Waals surface area (Å²) in [6.45, 7) is 5.15. The van der Waals surface area contributed by atoms with Crippen molar-refractivity contribution in [1.29, 1.82) is 0 Å². The summed E-state index contributed by atoms with van der Waals surface area (Å²) in [4.78, 5) is 14.1. The highest BCUT2D eigenvalue weighted by atomic mass is 35.5. The lowest BCUT2D eigenvalue weighted by Crippen LogP contribution is -2.34. The average molecular weight is 317 g/mol. The third-order valence-corrected chi connectivity index (χ3v) is 3.36. The van der Waals surface area contributed by atoms with Gasteiger partial charge in [0.05, 0.1) is 25.0 Å². The second kappa shape index (κ2) is 8.36. The van der Waals surface area contributed by atoms with E-state index >= 15 is 0 Å². The Morgan fingerprint density at radius 3 is 2.67 bits per heavy atom. The van der Waals surface area contributed by atoms with E-state index in [4.69, 9.17) is 16.7 Å². The van der Waals surface area contributed by atoms with Gasteiger partial charge in [0.15, 0.2) is 0 Å². The fraction of sp³-hybridized carbons (Fsp3) is 0.714. The van der Waals surface area contributed by atoms with E-state index in [1.807, 2.05) is 14.1 Å². The van der Waals surface area contributed by atoms with Crippen LogP contribution in [-0.2, 0) is 6.54 Å². The number of nitrogens with one attached hydrogen (secondary N) is 1. The largest absolute Gasteiger partial charge is 0.394 e. The van der Waals surface area contributed by atoms with E-state index in [1.165, 1.54) is 0 Å². The molecule has 0 amide bonds. The predicted molar refractivity (Wildman–Crippen MR) is 86.0 cm³/mol. The Balaban J connectivity index is 2.93. The van der Waals surface area contributed by atoms with Gasteiger partial charge in [-0.2, -0.15) is 5.10 Å². The molecule has 7 heteroatoms. The molecule has 1 aromatic heterocycles. The van der Waals surface area contributed by atoms with Gasteiger partial charge in [-0.25, -0.2) is 4.68 Å². The van der Waals surface area contributed by atoms with Gasteiger partial charge in [0.1, 0.15) is 5.02 Å². The molecule has 6 nitrogen and oxygen atoms in total. The zero-order valence-corrected chi connectivity index (χ0v) is 13.9. The van der Waals surface area contributed by atoms with Crippen molar-refractivity contribution in [3.63, 3.8) is 0 Å². The van der Waals surface area contributed by atoms with Gasteiger partial charge in [-0.1, -0.05) is 25.4 Å². The Morgan fingerprint density at radius 1 is 1.48 bits per heavy atom. The van der Waals surface area contributed by atoms with E-state index in [9.17, 15) is 4.79 Å². The number of aliphatic hydroxyl groups excluding tert-OH is 1. The van der Waals surface area contributed by atoms with Crippen LogP contribution in [0.3, 0.4) is 0 Å². The predicted octanol–water partition coefficient (Wildman–Crippen LogP) is 1.28. The van der Waals surface area contributed by atoms with Gasteiger partial charge in [-0.3, -0.25) is 4.79 Å². The minimum Gasteiger partial charge on any atom is -0.394 e. The van der Waals surface area contributed by atoms with E-state index in [0.717, 1.165) is 17.6 Å². The van der Waals surface area contributed by atoms with E-state index in [2.05, 4.69) is 29.2 Å². The molecule has 21 heavy (non-hydrogen) atoms. The van der Waals surface area contributed by atoms with Gasteiger partial charge in [0.2, 0.25) is 0 Å². The molecule has 0 radical (unpaired) electrons. The van der Waals surface area contributed by atoms with Gasteiger partial charge in [0.25, 0.3) is 5.56 Å². The molecule has 0 aliphatic heterocycles. The SMILES string of the molecule is CC(C)CC(CN(C)C)Nc1cnn(CCO)c(=O)c1Cl. The van der Waals surface area contributed by atoms with E-state index in [-0.39, 0.29) is 29.8 Å². The van der Waals surface area contributed by atoms with Crippen molar-refractivity contribution in [2.24, 2.45) is 5.92 Å². The molecular formula is C14H25ClN4O2. The van der Waals surface area contributed by atoms with Crippen LogP contribution >= 0.6 is 11.6 Å². The monoisotopic (exact) mass is 316 g/mol. The number of hydrogen-bond acceptors (Lipinski definition) is 5. The van der Waals surface area contributed by atoms with Crippen LogP contribution in [0.5, 0.6) is 0 Å². The van der Waals surface area contributed by atoms with Crippen LogP contribution in [0.4, 0.5) is 5.69 Å². The number of aromatic nitrogens is 2. The van der Waals surface area contributed by atoms with Crippen molar-refractivity contribution in [3.05, 3.63) is 21.6 Å². The standard InChI is InChI=1S/C14H25ClN4O2/c1-10(2)7-11(9-18(3)4)17-12-8-16-19(5-6-20)14(21)13(12)15/h8,10-11,17,20H,5-7,9H2,1-4H3. The van der Waals surface area contributed by atoms with Crippen molar-refractivity contribution in [3.8, 4) is 0 Å². The minimum absolute atomic E-state index is 0.117. The van der Waals surface area contributed by atoms with Crippen molar-refractivity contribution >= 4 is 17.3 Å². The molecule has 0 aliphatic carbocycles. The maximum Gasteiger partial charge on any atom is 0.287 e. The summed E-state index contributed by atoms with van der Waals surface area (Å²) in [6.07, 6.45) is 2.51. The molecule has 1 rings (SSSR count). The maximum absolute atomic E-state index is 12.0. The lowest BCUT2D eigenvalue weighted by molar-refractivity contribution is 0.266. The third-order valence-electron chi connectivity index (χ3n) is 3.00. The fourth-order valence-electron chi connectivity index (χ4n) is 2.23. The first-order chi connectivity index (χ1) is 9.85. The molecule has 1 atom stereocenters. The number of rotatable bonds is 8. The summed E-state index contributed by atoms with van der Waals surface area (Å²) in [5, 5.41) is 16.3. The van der Waals surface area contributed by atoms with Gasteiger partial charge in [-0.15, -0.1) is 0 Å². The Morgan fingerprint density at radius 2 is 2.14 bits per heavy atom. The van der Waals surface area contributed by atoms with Crippen LogP contribution in [0.25, 0.3) is 0 Å². The zero-order chi connectivity index (χ0) is 16.0. The first-order valence-corrected chi connectivity index (χ1v) is 7.50. The van der Waals surface area contributed by atoms with Crippen molar-refractivity contribution in [1.82, 2.24) is 14.7 Å². The summed E-state index contributed by atoms with van der Waals surface area (Å²) >= 11 is 6.12. The average Bonchev–Trinajstić information content (AvgIpc) is 2.37. The van der Waals surface area contributed by atoms with Gasteiger partial charge < -0.3 is 15.3 Å². The molecule has 0 aliphatic rings. The van der Waals surface area contributed by atoms with E-state index in [1.54, 1.807) is 6.20 Å². The number of aliphatic hydroxyl groups is 1. The molecule has 1 aromatic rings. The summed E-state index contributed by atoms with van der Waals surface area (Å²) < 4.78 is 1.16. The molecule has 0 bridgehead atoms. The number of nitrogens with zero attached hydrogens (tertiary/aromatic N) is 3. The van der Waals surface area contributed by atoms with Crippen LogP contribution in [-0.4, -0.2) is 53.1 Å². The highest BCUT2D eigenvalue weighted by Gasteiger charge is 2.16. The highest BCUT2D eigenvalue weighted by Crippen LogP contribution is 2.19. The normalized spacial score (nSPS) is 13.0. The number of likely N-dealkylation sites (N-methyl/N-ethyl adjacent to an activating group) is 1. The Labute approximate surface area is 130 Å². The van der Waals surface area contributed by atoms with Crippen molar-refractivity contribution in [2.75, 3.05) is 32.6 Å². The van der Waals surface area contributed by atoms with Crippen LogP contribution in [0.2, 0.25) is 5.02 Å². The van der Waals surface area contributed by atoms with E-state index < -0.39 is 0 Å². The van der Waals surface area contributed by atoms with Gasteiger partial charge in [-0.05, 0) is 26.4 Å². The molecule has 1 heterocycles. The molecule has 0 saturated heterocycles. The van der Waals surface area contributed by atoms with E-state index in [0.29, 0.717) is 11.6 Å². The fourth-order valence-corrected chi connectivity index (χ4v) is 2.43. The smallest absolute Gasteiger partial charge is 0.287 e. The summed E-state index contributed by atoms with van der Waals surface area (Å²) in [6, 6.07) is 0.187. The lowest BCUT2D eigenvalue weighted by atomic mass is 10.0. The molecule has 0 spiro atoms. The van der Waals surface area contributed by atoms with Crippen molar-refractivity contribution < 1.29 is 5.11 Å². The quantitative estimate of drug-likeness (QED) is 0.756. The van der Waals surface area contributed by atoms with Crippen LogP contribution in [0, 0.1) is 5.92 Å². The Kier molecular flexibility index (Phi) is 7.14. The second-order valence-electron chi connectivity index (χ2n) is 5.86. The summed E-state index contributed by atoms with van der Waals surface area (Å²) in [5.41, 5.74) is 0.159. The summed E-state index contributed by atoms with van der Waals surface area (Å²) in [7, 11) is 4.02. The third kappa shape index (κ3) is 5.65. The first kappa shape index (κ1) is 17.9. The maximum atomic E-state index is 12.0. The van der Waals surface area contributed by atoms with Crippen LogP contribution < -0.4 is 10.9 Å². The number of hydrogen-bond donors (Lipinski definition) is 2. The first-order valence-electron chi connectivity index (χ1n) is 7.12. The molecule has 120 valence electrons. The Bertz CT molecular complexity index is 492. The Hall–Kier alpha value is -1.11. The van der Waals surface area contributed by atoms with Crippen molar-refractivity contribution in [2.45, 2.75) is 32.9 Å². The molecule has 1 unspecified atom stereocenters.